The lowest BCUT2D eigenvalue weighted by Crippen LogP contribution is -2.26. The summed E-state index contributed by atoms with van der Waals surface area (Å²) in [5.74, 6) is 0.923. The van der Waals surface area contributed by atoms with E-state index in [2.05, 4.69) is 15.3 Å². The predicted molar refractivity (Wildman–Crippen MR) is 121 cm³/mol. The van der Waals surface area contributed by atoms with Crippen LogP contribution in [0.4, 0.5) is 11.5 Å². The molecule has 0 atom stereocenters. The molecule has 0 radical (unpaired) electrons. The molecule has 0 saturated heterocycles. The average molecular weight is 441 g/mol. The molecule has 0 aliphatic heterocycles. The fraction of sp³-hybridized carbons (Fsp3) is 0.182. The summed E-state index contributed by atoms with van der Waals surface area (Å²) in [4.78, 5) is 34.8. The maximum absolute atomic E-state index is 12.7. The molecule has 0 saturated carbocycles. The zero-order valence-corrected chi connectivity index (χ0v) is 18.2. The van der Waals surface area contributed by atoms with Gasteiger partial charge in [0, 0.05) is 42.3 Å². The number of rotatable bonds is 7. The SMILES string of the molecule is CCC(=O)N(C)c1cc(CSc2ncccc2C(=O)Nc2cccc(Cl)c2)ccn1. The van der Waals surface area contributed by atoms with Crippen LogP contribution >= 0.6 is 23.4 Å². The Morgan fingerprint density at radius 1 is 1.10 bits per heavy atom. The van der Waals surface area contributed by atoms with Gasteiger partial charge in [-0.05, 0) is 48.0 Å². The number of anilines is 2. The second kappa shape index (κ2) is 10.2. The van der Waals surface area contributed by atoms with Gasteiger partial charge in [0.2, 0.25) is 5.91 Å². The van der Waals surface area contributed by atoms with E-state index in [1.165, 1.54) is 11.8 Å². The average Bonchev–Trinajstić information content (AvgIpc) is 2.77. The highest BCUT2D eigenvalue weighted by Crippen LogP contribution is 2.26. The van der Waals surface area contributed by atoms with Crippen molar-refractivity contribution in [1.82, 2.24) is 9.97 Å². The van der Waals surface area contributed by atoms with Crippen molar-refractivity contribution in [3.8, 4) is 0 Å². The van der Waals surface area contributed by atoms with Crippen LogP contribution in [-0.4, -0.2) is 28.8 Å². The van der Waals surface area contributed by atoms with Crippen molar-refractivity contribution in [3.05, 3.63) is 77.1 Å². The van der Waals surface area contributed by atoms with E-state index in [4.69, 9.17) is 11.6 Å². The van der Waals surface area contributed by atoms with Crippen molar-refractivity contribution in [3.63, 3.8) is 0 Å². The molecule has 2 aromatic heterocycles. The van der Waals surface area contributed by atoms with Crippen molar-refractivity contribution in [1.29, 1.82) is 0 Å². The summed E-state index contributed by atoms with van der Waals surface area (Å²) in [6.45, 7) is 1.82. The minimum atomic E-state index is -0.253. The zero-order chi connectivity index (χ0) is 21.5. The summed E-state index contributed by atoms with van der Waals surface area (Å²) in [5, 5.41) is 4.02. The van der Waals surface area contributed by atoms with E-state index in [-0.39, 0.29) is 11.8 Å². The minimum absolute atomic E-state index is 0.00278. The lowest BCUT2D eigenvalue weighted by atomic mass is 10.2. The number of pyridine rings is 2. The molecule has 30 heavy (non-hydrogen) atoms. The lowest BCUT2D eigenvalue weighted by Gasteiger charge is -2.16. The largest absolute Gasteiger partial charge is 0.322 e. The molecule has 8 heteroatoms. The summed E-state index contributed by atoms with van der Waals surface area (Å²) in [5.41, 5.74) is 2.08. The van der Waals surface area contributed by atoms with E-state index < -0.39 is 0 Å². The Morgan fingerprint density at radius 3 is 2.70 bits per heavy atom. The summed E-state index contributed by atoms with van der Waals surface area (Å²) in [6, 6.07) is 14.2. The molecule has 0 spiro atoms. The smallest absolute Gasteiger partial charge is 0.258 e. The van der Waals surface area contributed by atoms with Crippen LogP contribution < -0.4 is 10.2 Å². The van der Waals surface area contributed by atoms with Crippen LogP contribution in [0.15, 0.2) is 66.0 Å². The Balaban J connectivity index is 1.73. The van der Waals surface area contributed by atoms with Crippen molar-refractivity contribution in [2.45, 2.75) is 24.1 Å². The predicted octanol–water partition coefficient (Wildman–Crippen LogP) is 5.05. The third-order valence-corrected chi connectivity index (χ3v) is 5.62. The number of hydrogen-bond donors (Lipinski definition) is 1. The van der Waals surface area contributed by atoms with Crippen LogP contribution in [0.25, 0.3) is 0 Å². The quantitative estimate of drug-likeness (QED) is 0.520. The van der Waals surface area contributed by atoms with E-state index in [0.29, 0.717) is 39.3 Å². The molecular weight excluding hydrogens is 420 g/mol. The molecule has 154 valence electrons. The first-order chi connectivity index (χ1) is 14.5. The Hall–Kier alpha value is -2.90. The Bertz CT molecular complexity index is 1060. The first-order valence-electron chi connectivity index (χ1n) is 9.34. The van der Waals surface area contributed by atoms with Crippen LogP contribution in [0.1, 0.15) is 29.3 Å². The summed E-state index contributed by atoms with van der Waals surface area (Å²) in [7, 11) is 1.71. The van der Waals surface area contributed by atoms with Gasteiger partial charge >= 0.3 is 0 Å². The van der Waals surface area contributed by atoms with Crippen molar-refractivity contribution in [2.24, 2.45) is 0 Å². The number of halogens is 1. The molecule has 3 aromatic rings. The van der Waals surface area contributed by atoms with Crippen LogP contribution in [-0.2, 0) is 10.5 Å². The maximum Gasteiger partial charge on any atom is 0.258 e. The molecule has 0 bridgehead atoms. The van der Waals surface area contributed by atoms with Gasteiger partial charge in [0.25, 0.3) is 5.91 Å². The van der Waals surface area contributed by atoms with Gasteiger partial charge < -0.3 is 5.32 Å². The van der Waals surface area contributed by atoms with Gasteiger partial charge in [-0.2, -0.15) is 0 Å². The first kappa shape index (κ1) is 21.8. The molecule has 2 heterocycles. The monoisotopic (exact) mass is 440 g/mol. The number of nitrogens with one attached hydrogen (secondary N) is 1. The van der Waals surface area contributed by atoms with Crippen LogP contribution in [0, 0.1) is 0 Å². The Morgan fingerprint density at radius 2 is 1.93 bits per heavy atom. The number of benzene rings is 1. The Labute approximate surface area is 184 Å². The normalized spacial score (nSPS) is 10.5. The van der Waals surface area contributed by atoms with Crippen LogP contribution in [0.5, 0.6) is 0 Å². The fourth-order valence-corrected chi connectivity index (χ4v) is 3.82. The van der Waals surface area contributed by atoms with E-state index >= 15 is 0 Å². The highest BCUT2D eigenvalue weighted by Gasteiger charge is 2.14. The van der Waals surface area contributed by atoms with E-state index in [9.17, 15) is 9.59 Å². The lowest BCUT2D eigenvalue weighted by molar-refractivity contribution is -0.118. The van der Waals surface area contributed by atoms with Gasteiger partial charge in [0.05, 0.1) is 5.56 Å². The zero-order valence-electron chi connectivity index (χ0n) is 16.6. The van der Waals surface area contributed by atoms with E-state index in [0.717, 1.165) is 5.56 Å². The third kappa shape index (κ3) is 5.58. The summed E-state index contributed by atoms with van der Waals surface area (Å²) in [6.07, 6.45) is 3.75. The highest BCUT2D eigenvalue weighted by atomic mass is 35.5. The van der Waals surface area contributed by atoms with Crippen molar-refractivity contribution in [2.75, 3.05) is 17.3 Å². The molecule has 0 aliphatic rings. The number of carbonyl (C=O) groups is 2. The molecule has 0 unspecified atom stereocenters. The molecule has 1 N–H and O–H groups in total. The first-order valence-corrected chi connectivity index (χ1v) is 10.7. The summed E-state index contributed by atoms with van der Waals surface area (Å²) < 4.78 is 0. The maximum atomic E-state index is 12.7. The molecule has 3 rings (SSSR count). The van der Waals surface area contributed by atoms with Gasteiger partial charge in [-0.1, -0.05) is 24.6 Å². The number of hydrogen-bond acceptors (Lipinski definition) is 5. The number of carbonyl (C=O) groups excluding carboxylic acids is 2. The van der Waals surface area contributed by atoms with Crippen LogP contribution in [0.2, 0.25) is 5.02 Å². The highest BCUT2D eigenvalue weighted by molar-refractivity contribution is 7.98. The van der Waals surface area contributed by atoms with Gasteiger partial charge in [-0.25, -0.2) is 9.97 Å². The third-order valence-electron chi connectivity index (χ3n) is 4.30. The van der Waals surface area contributed by atoms with Crippen molar-refractivity contribution < 1.29 is 9.59 Å². The van der Waals surface area contributed by atoms with Crippen LogP contribution in [0.3, 0.4) is 0 Å². The molecule has 6 nitrogen and oxygen atoms in total. The van der Waals surface area contributed by atoms with Gasteiger partial charge in [-0.15, -0.1) is 11.8 Å². The molecule has 1 aromatic carbocycles. The second-order valence-electron chi connectivity index (χ2n) is 6.44. The van der Waals surface area contributed by atoms with Crippen molar-refractivity contribution >= 4 is 46.7 Å². The van der Waals surface area contributed by atoms with Gasteiger partial charge in [0.15, 0.2) is 0 Å². The Kier molecular flexibility index (Phi) is 7.43. The number of aromatic nitrogens is 2. The van der Waals surface area contributed by atoms with Gasteiger partial charge in [0.1, 0.15) is 10.8 Å². The number of amides is 2. The van der Waals surface area contributed by atoms with E-state index in [1.54, 1.807) is 60.7 Å². The standard InChI is InChI=1S/C22H21ClN4O2S/c1-3-20(28)27(2)19-12-15(9-11-24-19)14-30-22-18(8-5-10-25-22)21(29)26-17-7-4-6-16(23)13-17/h4-13H,3,14H2,1-2H3,(H,26,29). The summed E-state index contributed by atoms with van der Waals surface area (Å²) >= 11 is 7.44. The molecular formula is C22H21ClN4O2S. The second-order valence-corrected chi connectivity index (χ2v) is 7.84. The molecule has 0 fully saturated rings. The number of nitrogens with zero attached hydrogens (tertiary/aromatic N) is 3. The van der Waals surface area contributed by atoms with E-state index in [1.807, 2.05) is 19.1 Å². The number of thioether (sulfide) groups is 1. The molecule has 0 aliphatic carbocycles. The van der Waals surface area contributed by atoms with Gasteiger partial charge in [-0.3, -0.25) is 14.5 Å². The topological polar surface area (TPSA) is 75.2 Å². The molecule has 2 amide bonds. The minimum Gasteiger partial charge on any atom is -0.322 e. The fourth-order valence-electron chi connectivity index (χ4n) is 2.69.